The number of rotatable bonds is 3. The van der Waals surface area contributed by atoms with Crippen LogP contribution in [0, 0.1) is 0 Å². The molecule has 0 bridgehead atoms. The Kier molecular flexibility index (Phi) is 3.57. The van der Waals surface area contributed by atoms with Crippen molar-refractivity contribution >= 4 is 27.7 Å². The maximum absolute atomic E-state index is 8.99. The molecule has 0 fully saturated rings. The normalized spacial score (nSPS) is 10.7. The molecule has 2 rings (SSSR count). The molecule has 0 spiro atoms. The Morgan fingerprint density at radius 2 is 2.31 bits per heavy atom. The summed E-state index contributed by atoms with van der Waals surface area (Å²) in [5.74, 6) is 0. The lowest BCUT2D eigenvalue weighted by Crippen LogP contribution is -1.93. The van der Waals surface area contributed by atoms with Crippen molar-refractivity contribution in [3.05, 3.63) is 28.2 Å². The number of hydrogen-bond donors (Lipinski definition) is 1. The molecule has 1 heterocycles. The molecule has 16 heavy (non-hydrogen) atoms. The first-order valence-electron chi connectivity index (χ1n) is 4.50. The lowest BCUT2D eigenvalue weighted by atomic mass is 10.2. The van der Waals surface area contributed by atoms with Crippen LogP contribution in [0.15, 0.2) is 32.7 Å². The summed E-state index contributed by atoms with van der Waals surface area (Å²) in [7, 11) is 1.79. The van der Waals surface area contributed by atoms with Crippen LogP contribution in [0.2, 0.25) is 0 Å². The molecule has 5 nitrogen and oxygen atoms in total. The minimum atomic E-state index is 0.0368. The summed E-state index contributed by atoms with van der Waals surface area (Å²) in [5, 5.41) is 20.9. The van der Waals surface area contributed by atoms with Gasteiger partial charge in [-0.25, -0.2) is 4.68 Å². The number of halogens is 1. The molecule has 1 aromatic carbocycles. The molecule has 0 unspecified atom stereocenters. The maximum Gasteiger partial charge on any atom is 0.213 e. The van der Waals surface area contributed by atoms with Gasteiger partial charge < -0.3 is 5.11 Å². The topological polar surface area (TPSA) is 63.8 Å². The third-order valence-corrected chi connectivity index (χ3v) is 3.98. The number of aromatic nitrogens is 4. The quantitative estimate of drug-likeness (QED) is 0.933. The molecule has 2 aromatic rings. The van der Waals surface area contributed by atoms with Gasteiger partial charge in [-0.3, -0.25) is 0 Å². The SMILES string of the molecule is Cn1nnnc1Sc1ccc(CO)cc1Br. The largest absolute Gasteiger partial charge is 0.392 e. The van der Waals surface area contributed by atoms with E-state index in [0.29, 0.717) is 0 Å². The van der Waals surface area contributed by atoms with Crippen LogP contribution in [-0.2, 0) is 13.7 Å². The van der Waals surface area contributed by atoms with Crippen LogP contribution in [0.1, 0.15) is 5.56 Å². The predicted molar refractivity (Wildman–Crippen MR) is 63.0 cm³/mol. The van der Waals surface area contributed by atoms with Crippen LogP contribution in [0.5, 0.6) is 0 Å². The molecule has 0 saturated carbocycles. The summed E-state index contributed by atoms with van der Waals surface area (Å²) in [4.78, 5) is 1.01. The summed E-state index contributed by atoms with van der Waals surface area (Å²) >= 11 is 4.91. The van der Waals surface area contributed by atoms with Gasteiger partial charge in [-0.05, 0) is 55.8 Å². The van der Waals surface area contributed by atoms with Crippen LogP contribution in [0.3, 0.4) is 0 Å². The molecule has 7 heteroatoms. The van der Waals surface area contributed by atoms with E-state index in [4.69, 9.17) is 5.11 Å². The number of aliphatic hydroxyl groups excluding tert-OH is 1. The van der Waals surface area contributed by atoms with E-state index in [9.17, 15) is 0 Å². The van der Waals surface area contributed by atoms with Gasteiger partial charge in [0.25, 0.3) is 0 Å². The van der Waals surface area contributed by atoms with E-state index in [0.717, 1.165) is 20.1 Å². The van der Waals surface area contributed by atoms with Crippen molar-refractivity contribution in [2.45, 2.75) is 16.7 Å². The van der Waals surface area contributed by atoms with Crippen LogP contribution in [0.25, 0.3) is 0 Å². The minimum Gasteiger partial charge on any atom is -0.392 e. The van der Waals surface area contributed by atoms with Gasteiger partial charge in [-0.15, -0.1) is 5.10 Å². The molecule has 0 radical (unpaired) electrons. The van der Waals surface area contributed by atoms with Gasteiger partial charge in [-0.2, -0.15) is 0 Å². The molecule has 0 aliphatic rings. The summed E-state index contributed by atoms with van der Waals surface area (Å²) in [6, 6.07) is 5.68. The average Bonchev–Trinajstić information content (AvgIpc) is 2.67. The maximum atomic E-state index is 8.99. The van der Waals surface area contributed by atoms with Crippen molar-refractivity contribution in [1.82, 2.24) is 20.2 Å². The monoisotopic (exact) mass is 300 g/mol. The second-order valence-electron chi connectivity index (χ2n) is 3.11. The van der Waals surface area contributed by atoms with E-state index in [1.165, 1.54) is 11.8 Å². The Labute approximate surface area is 105 Å². The van der Waals surface area contributed by atoms with Gasteiger partial charge in [0, 0.05) is 16.4 Å². The summed E-state index contributed by atoms with van der Waals surface area (Å²) < 4.78 is 2.53. The highest BCUT2D eigenvalue weighted by atomic mass is 79.9. The third-order valence-electron chi connectivity index (χ3n) is 1.96. The highest BCUT2D eigenvalue weighted by Gasteiger charge is 2.08. The molecular weight excluding hydrogens is 292 g/mol. The number of nitrogens with zero attached hydrogens (tertiary/aromatic N) is 4. The summed E-state index contributed by atoms with van der Waals surface area (Å²) in [5.41, 5.74) is 0.868. The van der Waals surface area contributed by atoms with Gasteiger partial charge >= 0.3 is 0 Å². The Hall–Kier alpha value is -0.920. The Bertz CT molecular complexity index is 502. The van der Waals surface area contributed by atoms with E-state index in [-0.39, 0.29) is 6.61 Å². The molecule has 1 N–H and O–H groups in total. The smallest absolute Gasteiger partial charge is 0.213 e. The highest BCUT2D eigenvalue weighted by Crippen LogP contribution is 2.32. The van der Waals surface area contributed by atoms with Gasteiger partial charge in [-0.1, -0.05) is 6.07 Å². The van der Waals surface area contributed by atoms with E-state index in [1.54, 1.807) is 11.7 Å². The predicted octanol–water partition coefficient (Wildman–Crippen LogP) is 1.62. The lowest BCUT2D eigenvalue weighted by Gasteiger charge is -2.04. The van der Waals surface area contributed by atoms with Crippen molar-refractivity contribution in [1.29, 1.82) is 0 Å². The van der Waals surface area contributed by atoms with Gasteiger partial charge in [0.05, 0.1) is 6.61 Å². The van der Waals surface area contributed by atoms with E-state index in [2.05, 4.69) is 31.5 Å². The molecule has 0 aliphatic carbocycles. The fourth-order valence-electron chi connectivity index (χ4n) is 1.13. The first-order chi connectivity index (χ1) is 7.70. The van der Waals surface area contributed by atoms with E-state index in [1.807, 2.05) is 18.2 Å². The van der Waals surface area contributed by atoms with Crippen LogP contribution < -0.4 is 0 Å². The number of hydrogen-bond acceptors (Lipinski definition) is 5. The first-order valence-corrected chi connectivity index (χ1v) is 6.11. The molecule has 0 atom stereocenters. The third kappa shape index (κ3) is 2.42. The Balaban J connectivity index is 2.25. The molecule has 0 saturated heterocycles. The minimum absolute atomic E-state index is 0.0368. The van der Waals surface area contributed by atoms with Crippen LogP contribution in [0.4, 0.5) is 0 Å². The zero-order valence-electron chi connectivity index (χ0n) is 8.46. The highest BCUT2D eigenvalue weighted by molar-refractivity contribution is 9.10. The summed E-state index contributed by atoms with van der Waals surface area (Å²) in [6.45, 7) is 0.0368. The van der Waals surface area contributed by atoms with Gasteiger partial charge in [0.1, 0.15) is 0 Å². The molecule has 0 aliphatic heterocycles. The van der Waals surface area contributed by atoms with Gasteiger partial charge in [0.2, 0.25) is 5.16 Å². The second kappa shape index (κ2) is 4.94. The standard InChI is InChI=1S/C9H9BrN4OS/c1-14-9(11-12-13-14)16-8-3-2-6(5-15)4-7(8)10/h2-4,15H,5H2,1H3. The molecule has 0 amide bonds. The Morgan fingerprint density at radius 3 is 2.88 bits per heavy atom. The van der Waals surface area contributed by atoms with Crippen molar-refractivity contribution in [2.24, 2.45) is 7.05 Å². The number of aryl methyl sites for hydroxylation is 1. The fourth-order valence-corrected chi connectivity index (χ4v) is 2.54. The zero-order valence-corrected chi connectivity index (χ0v) is 10.9. The van der Waals surface area contributed by atoms with Crippen LogP contribution in [-0.4, -0.2) is 25.3 Å². The average molecular weight is 301 g/mol. The van der Waals surface area contributed by atoms with Crippen molar-refractivity contribution in [3.63, 3.8) is 0 Å². The van der Waals surface area contributed by atoms with Crippen molar-refractivity contribution in [3.8, 4) is 0 Å². The molecular formula is C9H9BrN4OS. The van der Waals surface area contributed by atoms with Crippen LogP contribution >= 0.6 is 27.7 Å². The molecule has 84 valence electrons. The van der Waals surface area contributed by atoms with E-state index >= 15 is 0 Å². The number of tetrazole rings is 1. The molecule has 1 aromatic heterocycles. The summed E-state index contributed by atoms with van der Waals surface area (Å²) in [6.07, 6.45) is 0. The first kappa shape index (κ1) is 11.6. The zero-order chi connectivity index (χ0) is 11.5. The van der Waals surface area contributed by atoms with Crippen molar-refractivity contribution in [2.75, 3.05) is 0 Å². The fraction of sp³-hybridized carbons (Fsp3) is 0.222. The second-order valence-corrected chi connectivity index (χ2v) is 4.97. The Morgan fingerprint density at radius 1 is 1.50 bits per heavy atom. The van der Waals surface area contributed by atoms with Gasteiger partial charge in [0.15, 0.2) is 0 Å². The van der Waals surface area contributed by atoms with Crippen molar-refractivity contribution < 1.29 is 5.11 Å². The number of benzene rings is 1. The lowest BCUT2D eigenvalue weighted by molar-refractivity contribution is 0.281. The van der Waals surface area contributed by atoms with E-state index < -0.39 is 0 Å². The number of aliphatic hydroxyl groups is 1.